The fourth-order valence-corrected chi connectivity index (χ4v) is 2.23. The molecule has 0 radical (unpaired) electrons. The van der Waals surface area contributed by atoms with E-state index in [0.717, 1.165) is 6.20 Å². The molecule has 0 saturated heterocycles. The first-order chi connectivity index (χ1) is 10.7. The summed E-state index contributed by atoms with van der Waals surface area (Å²) in [7, 11) is 0. The molecule has 0 amide bonds. The van der Waals surface area contributed by atoms with Gasteiger partial charge in [0.25, 0.3) is 0 Å². The van der Waals surface area contributed by atoms with Gasteiger partial charge in [-0.15, -0.1) is 0 Å². The topological polar surface area (TPSA) is 99.4 Å². The molecule has 1 rings (SSSR count). The molecule has 0 spiro atoms. The molecular weight excluding hydrogens is 367 g/mol. The minimum atomic E-state index is -1.37. The van der Waals surface area contributed by atoms with Crippen LogP contribution >= 0.6 is 34.8 Å². The van der Waals surface area contributed by atoms with Gasteiger partial charge in [0.1, 0.15) is 11.6 Å². The van der Waals surface area contributed by atoms with Gasteiger partial charge in [0.05, 0.1) is 26.9 Å². The Labute approximate surface area is 147 Å². The molecule has 0 atom stereocenters. The van der Waals surface area contributed by atoms with E-state index in [-0.39, 0.29) is 31.9 Å². The molecule has 0 aliphatic rings. The van der Waals surface area contributed by atoms with Crippen LogP contribution in [0, 0.1) is 11.3 Å². The van der Waals surface area contributed by atoms with Gasteiger partial charge in [-0.3, -0.25) is 0 Å². The molecule has 23 heavy (non-hydrogen) atoms. The van der Waals surface area contributed by atoms with Gasteiger partial charge in [0.15, 0.2) is 5.57 Å². The molecule has 0 unspecified atom stereocenters. The number of hydrogen-bond acceptors (Lipinski definition) is 5. The lowest BCUT2D eigenvalue weighted by molar-refractivity contribution is -0.142. The van der Waals surface area contributed by atoms with Crippen LogP contribution in [0.15, 0.2) is 17.8 Å². The number of carbonyl (C=O) groups is 2. The molecule has 0 aliphatic carbocycles. The summed E-state index contributed by atoms with van der Waals surface area (Å²) < 4.78 is 4.88. The Kier molecular flexibility index (Phi) is 6.70. The summed E-state index contributed by atoms with van der Waals surface area (Å²) in [5, 5.41) is 20.2. The molecule has 122 valence electrons. The summed E-state index contributed by atoms with van der Waals surface area (Å²) in [5.41, 5.74) is -0.638. The monoisotopic (exact) mass is 376 g/mol. The van der Waals surface area contributed by atoms with Gasteiger partial charge >= 0.3 is 11.9 Å². The molecule has 9 heteroatoms. The third-order valence-electron chi connectivity index (χ3n) is 2.43. The fourth-order valence-electron chi connectivity index (χ4n) is 1.46. The van der Waals surface area contributed by atoms with Crippen LogP contribution in [-0.4, -0.2) is 23.1 Å². The molecule has 0 aromatic heterocycles. The molecular formula is C14H11Cl3N2O4. The standard InChI is InChI=1S/C14H11Cl3N2O4/c1-6(2)23-14(22)7(4-18)5-19-9-3-8(15)11(16)10(12(9)17)13(20)21/h3,5-6,19H,1-2H3,(H,20,21). The number of carboxylic acid groups (broad SMARTS) is 1. The number of anilines is 1. The summed E-state index contributed by atoms with van der Waals surface area (Å²) in [4.78, 5) is 22.8. The average molecular weight is 378 g/mol. The second kappa shape index (κ2) is 8.06. The number of benzene rings is 1. The Morgan fingerprint density at radius 1 is 1.35 bits per heavy atom. The Bertz CT molecular complexity index is 724. The lowest BCUT2D eigenvalue weighted by Gasteiger charge is -2.11. The summed E-state index contributed by atoms with van der Waals surface area (Å²) in [6.07, 6.45) is 0.647. The zero-order valence-electron chi connectivity index (χ0n) is 12.0. The molecule has 6 nitrogen and oxygen atoms in total. The van der Waals surface area contributed by atoms with Crippen molar-refractivity contribution in [1.29, 1.82) is 5.26 Å². The highest BCUT2D eigenvalue weighted by Crippen LogP contribution is 2.37. The Morgan fingerprint density at radius 2 is 1.96 bits per heavy atom. The molecule has 0 aliphatic heterocycles. The van der Waals surface area contributed by atoms with E-state index in [1.54, 1.807) is 19.9 Å². The van der Waals surface area contributed by atoms with Crippen LogP contribution in [-0.2, 0) is 9.53 Å². The van der Waals surface area contributed by atoms with Crippen molar-refractivity contribution < 1.29 is 19.4 Å². The maximum Gasteiger partial charge on any atom is 0.350 e. The third kappa shape index (κ3) is 4.76. The van der Waals surface area contributed by atoms with E-state index in [4.69, 9.17) is 49.9 Å². The number of nitrogens with zero attached hydrogens (tertiary/aromatic N) is 1. The third-order valence-corrected chi connectivity index (χ3v) is 3.61. The van der Waals surface area contributed by atoms with Crippen LogP contribution in [0.2, 0.25) is 15.1 Å². The molecule has 2 N–H and O–H groups in total. The largest absolute Gasteiger partial charge is 0.478 e. The number of carbonyl (C=O) groups excluding carboxylic acids is 1. The first kappa shape index (κ1) is 19.1. The van der Waals surface area contributed by atoms with E-state index in [0.29, 0.717) is 0 Å². The SMILES string of the molecule is CC(C)OC(=O)C(C#N)=CNc1cc(Cl)c(Cl)c(C(=O)O)c1Cl. The number of hydrogen-bond donors (Lipinski definition) is 2. The molecule has 1 aromatic carbocycles. The van der Waals surface area contributed by atoms with Crippen LogP contribution < -0.4 is 5.32 Å². The van der Waals surface area contributed by atoms with Gasteiger partial charge in [-0.1, -0.05) is 34.8 Å². The average Bonchev–Trinajstić information content (AvgIpc) is 2.43. The molecule has 0 saturated carbocycles. The molecule has 1 aromatic rings. The van der Waals surface area contributed by atoms with Gasteiger partial charge in [-0.25, -0.2) is 9.59 Å². The quantitative estimate of drug-likeness (QED) is 0.346. The highest BCUT2D eigenvalue weighted by Gasteiger charge is 2.20. The van der Waals surface area contributed by atoms with Crippen LogP contribution in [0.3, 0.4) is 0 Å². The molecule has 0 bridgehead atoms. The molecule has 0 heterocycles. The summed E-state index contributed by atoms with van der Waals surface area (Å²) in [6, 6.07) is 2.94. The number of carboxylic acids is 1. The van der Waals surface area contributed by atoms with Gasteiger partial charge in [-0.05, 0) is 19.9 Å². The number of rotatable bonds is 5. The minimum absolute atomic E-state index is 0.0485. The Hall–Kier alpha value is -1.94. The van der Waals surface area contributed by atoms with Crippen molar-refractivity contribution in [1.82, 2.24) is 0 Å². The summed E-state index contributed by atoms with van der Waals surface area (Å²) in [6.45, 7) is 3.27. The molecule has 0 fully saturated rings. The maximum absolute atomic E-state index is 11.7. The number of esters is 1. The predicted molar refractivity (Wildman–Crippen MR) is 87.0 cm³/mol. The number of halogens is 3. The van der Waals surface area contributed by atoms with E-state index in [2.05, 4.69) is 5.32 Å². The van der Waals surface area contributed by atoms with Gasteiger partial charge in [0.2, 0.25) is 0 Å². The Balaban J connectivity index is 3.19. The van der Waals surface area contributed by atoms with Crippen molar-refractivity contribution in [2.75, 3.05) is 5.32 Å². The number of aromatic carboxylic acids is 1. The number of nitrogens with one attached hydrogen (secondary N) is 1. The van der Waals surface area contributed by atoms with Crippen molar-refractivity contribution >= 4 is 52.4 Å². The van der Waals surface area contributed by atoms with E-state index in [9.17, 15) is 9.59 Å². The second-order valence-corrected chi connectivity index (χ2v) is 5.65. The Morgan fingerprint density at radius 3 is 2.43 bits per heavy atom. The first-order valence-corrected chi connectivity index (χ1v) is 7.31. The lowest BCUT2D eigenvalue weighted by Crippen LogP contribution is -2.13. The van der Waals surface area contributed by atoms with Crippen LogP contribution in [0.1, 0.15) is 24.2 Å². The fraction of sp³-hybridized carbons (Fsp3) is 0.214. The summed E-state index contributed by atoms with van der Waals surface area (Å²) >= 11 is 17.6. The van der Waals surface area contributed by atoms with E-state index < -0.39 is 18.0 Å². The van der Waals surface area contributed by atoms with Crippen molar-refractivity contribution in [3.63, 3.8) is 0 Å². The van der Waals surface area contributed by atoms with Gasteiger partial charge in [-0.2, -0.15) is 5.26 Å². The highest BCUT2D eigenvalue weighted by molar-refractivity contribution is 6.47. The number of ether oxygens (including phenoxy) is 1. The first-order valence-electron chi connectivity index (χ1n) is 6.17. The van der Waals surface area contributed by atoms with Gasteiger partial charge in [0, 0.05) is 6.20 Å². The van der Waals surface area contributed by atoms with E-state index >= 15 is 0 Å². The van der Waals surface area contributed by atoms with Crippen LogP contribution in [0.5, 0.6) is 0 Å². The van der Waals surface area contributed by atoms with E-state index in [1.807, 2.05) is 0 Å². The van der Waals surface area contributed by atoms with Crippen molar-refractivity contribution in [3.8, 4) is 6.07 Å². The maximum atomic E-state index is 11.7. The minimum Gasteiger partial charge on any atom is -0.478 e. The van der Waals surface area contributed by atoms with Crippen LogP contribution in [0.25, 0.3) is 0 Å². The number of nitriles is 1. The van der Waals surface area contributed by atoms with Crippen molar-refractivity contribution in [3.05, 3.63) is 38.5 Å². The predicted octanol–water partition coefficient (Wildman–Crippen LogP) is 4.12. The second-order valence-electron chi connectivity index (χ2n) is 4.48. The van der Waals surface area contributed by atoms with Crippen LogP contribution in [0.4, 0.5) is 5.69 Å². The van der Waals surface area contributed by atoms with E-state index in [1.165, 1.54) is 6.07 Å². The van der Waals surface area contributed by atoms with Gasteiger partial charge < -0.3 is 15.2 Å². The zero-order valence-corrected chi connectivity index (χ0v) is 14.3. The zero-order chi connectivity index (χ0) is 17.7. The smallest absolute Gasteiger partial charge is 0.350 e. The summed E-state index contributed by atoms with van der Waals surface area (Å²) in [5.74, 6) is -2.20. The normalized spacial score (nSPS) is 11.1. The highest BCUT2D eigenvalue weighted by atomic mass is 35.5. The lowest BCUT2D eigenvalue weighted by atomic mass is 10.2. The van der Waals surface area contributed by atoms with Crippen molar-refractivity contribution in [2.24, 2.45) is 0 Å². The van der Waals surface area contributed by atoms with Crippen molar-refractivity contribution in [2.45, 2.75) is 20.0 Å².